The number of likely N-dealkylation sites (tertiary alicyclic amines) is 1. The molecule has 0 aliphatic carbocycles. The number of piperidine rings is 1. The third-order valence-electron chi connectivity index (χ3n) is 3.98. The molecule has 1 aromatic rings. The molecule has 5 nitrogen and oxygen atoms in total. The fraction of sp³-hybridized carbons (Fsp3) is 0.533. The highest BCUT2D eigenvalue weighted by Crippen LogP contribution is 2.25. The zero-order valence-corrected chi connectivity index (χ0v) is 15.4. The van der Waals surface area contributed by atoms with Crippen LogP contribution >= 0.6 is 23.2 Å². The summed E-state index contributed by atoms with van der Waals surface area (Å²) in [5, 5.41) is 0.326. The summed E-state index contributed by atoms with van der Waals surface area (Å²) in [6.07, 6.45) is 1.87. The molecular formula is C15H20Cl2N2O3S. The molecule has 8 heteroatoms. The Morgan fingerprint density at radius 2 is 1.91 bits per heavy atom. The van der Waals surface area contributed by atoms with Crippen LogP contribution in [0.25, 0.3) is 0 Å². The van der Waals surface area contributed by atoms with Gasteiger partial charge in [0, 0.05) is 18.1 Å². The van der Waals surface area contributed by atoms with Crippen molar-refractivity contribution in [2.24, 2.45) is 5.92 Å². The van der Waals surface area contributed by atoms with E-state index in [1.54, 1.807) is 4.90 Å². The van der Waals surface area contributed by atoms with Gasteiger partial charge in [0.25, 0.3) is 0 Å². The van der Waals surface area contributed by atoms with Crippen molar-refractivity contribution in [3.63, 3.8) is 0 Å². The maximum absolute atomic E-state index is 12.4. The van der Waals surface area contributed by atoms with Crippen LogP contribution in [0, 0.1) is 5.92 Å². The largest absolute Gasteiger partial charge is 0.341 e. The lowest BCUT2D eigenvalue weighted by Gasteiger charge is -2.32. The van der Waals surface area contributed by atoms with Crippen molar-refractivity contribution in [2.75, 3.05) is 13.1 Å². The first-order valence-electron chi connectivity index (χ1n) is 7.47. The van der Waals surface area contributed by atoms with E-state index in [9.17, 15) is 13.2 Å². The van der Waals surface area contributed by atoms with Gasteiger partial charge in [-0.15, -0.1) is 0 Å². The second-order valence-electron chi connectivity index (χ2n) is 5.93. The first-order chi connectivity index (χ1) is 10.7. The van der Waals surface area contributed by atoms with Crippen molar-refractivity contribution in [2.45, 2.75) is 37.6 Å². The average molecular weight is 379 g/mol. The number of hydrogen-bond donors (Lipinski definition) is 1. The first-order valence-corrected chi connectivity index (χ1v) is 9.71. The smallest absolute Gasteiger partial charge is 0.242 e. The Kier molecular flexibility index (Phi) is 5.94. The van der Waals surface area contributed by atoms with Crippen molar-refractivity contribution in [1.29, 1.82) is 0 Å². The lowest BCUT2D eigenvalue weighted by Crippen LogP contribution is -2.49. The zero-order valence-electron chi connectivity index (χ0n) is 13.1. The maximum atomic E-state index is 12.4. The van der Waals surface area contributed by atoms with E-state index >= 15 is 0 Å². The summed E-state index contributed by atoms with van der Waals surface area (Å²) >= 11 is 11.8. The molecule has 1 aromatic carbocycles. The topological polar surface area (TPSA) is 66.5 Å². The van der Waals surface area contributed by atoms with E-state index in [1.807, 2.05) is 0 Å². The van der Waals surface area contributed by atoms with Crippen molar-refractivity contribution < 1.29 is 13.2 Å². The Morgan fingerprint density at radius 3 is 2.52 bits per heavy atom. The molecule has 1 aliphatic heterocycles. The van der Waals surface area contributed by atoms with Gasteiger partial charge in [0.1, 0.15) is 4.90 Å². The highest BCUT2D eigenvalue weighted by molar-refractivity contribution is 7.89. The van der Waals surface area contributed by atoms with Crippen LogP contribution in [0.4, 0.5) is 0 Å². The molecule has 1 saturated heterocycles. The van der Waals surface area contributed by atoms with Crippen LogP contribution < -0.4 is 4.72 Å². The third-order valence-corrected chi connectivity index (χ3v) is 6.24. The maximum Gasteiger partial charge on any atom is 0.242 e. The molecule has 0 radical (unpaired) electrons. The summed E-state index contributed by atoms with van der Waals surface area (Å²) in [4.78, 5) is 14.0. The quantitative estimate of drug-likeness (QED) is 0.875. The highest BCUT2D eigenvalue weighted by atomic mass is 35.5. The number of hydrogen-bond acceptors (Lipinski definition) is 3. The number of halogens is 2. The number of nitrogens with one attached hydrogen (secondary N) is 1. The lowest BCUT2D eigenvalue weighted by molar-refractivity contribution is -0.133. The SMILES string of the molecule is CC1CCN(C(=O)[C@H](C)NS(=O)(=O)c2cc(Cl)ccc2Cl)CC1. The molecule has 0 unspecified atom stereocenters. The van der Waals surface area contributed by atoms with E-state index in [0.29, 0.717) is 19.0 Å². The normalized spacial score (nSPS) is 18.0. The third kappa shape index (κ3) is 4.59. The van der Waals surface area contributed by atoms with Crippen LogP contribution in [0.2, 0.25) is 10.0 Å². The number of rotatable bonds is 4. The molecule has 0 aromatic heterocycles. The number of sulfonamides is 1. The molecule has 23 heavy (non-hydrogen) atoms. The second-order valence-corrected chi connectivity index (χ2v) is 8.45. The van der Waals surface area contributed by atoms with Crippen LogP contribution in [0.1, 0.15) is 26.7 Å². The van der Waals surface area contributed by atoms with E-state index in [2.05, 4.69) is 11.6 Å². The minimum absolute atomic E-state index is 0.0633. The molecule has 0 bridgehead atoms. The van der Waals surface area contributed by atoms with Gasteiger partial charge in [0.05, 0.1) is 11.1 Å². The monoisotopic (exact) mass is 378 g/mol. The minimum atomic E-state index is -3.92. The van der Waals surface area contributed by atoms with Gasteiger partial charge in [-0.05, 0) is 43.9 Å². The van der Waals surface area contributed by atoms with Crippen LogP contribution in [0.3, 0.4) is 0 Å². The van der Waals surface area contributed by atoms with E-state index in [4.69, 9.17) is 23.2 Å². The molecule has 0 spiro atoms. The molecule has 1 aliphatic rings. The van der Waals surface area contributed by atoms with Gasteiger partial charge in [-0.1, -0.05) is 30.1 Å². The van der Waals surface area contributed by atoms with Gasteiger partial charge in [-0.3, -0.25) is 4.79 Å². The Balaban J connectivity index is 2.10. The average Bonchev–Trinajstić information content (AvgIpc) is 2.49. The molecule has 128 valence electrons. The summed E-state index contributed by atoms with van der Waals surface area (Å²) in [7, 11) is -3.92. The molecule has 0 saturated carbocycles. The van der Waals surface area contributed by atoms with Crippen molar-refractivity contribution in [3.8, 4) is 0 Å². The number of benzene rings is 1. The summed E-state index contributed by atoms with van der Waals surface area (Å²) < 4.78 is 27.2. The molecule has 1 amide bonds. The standard InChI is InChI=1S/C15H20Cl2N2O3S/c1-10-5-7-19(8-6-10)15(20)11(2)18-23(21,22)14-9-12(16)3-4-13(14)17/h3-4,9-11,18H,5-8H2,1-2H3/t11-/m0/s1. The predicted molar refractivity (Wildman–Crippen MR) is 91.2 cm³/mol. The Morgan fingerprint density at radius 1 is 1.30 bits per heavy atom. The number of carbonyl (C=O) groups excluding carboxylic acids is 1. The molecule has 1 fully saturated rings. The molecular weight excluding hydrogens is 359 g/mol. The number of nitrogens with zero attached hydrogens (tertiary/aromatic N) is 1. The fourth-order valence-electron chi connectivity index (χ4n) is 2.53. The van der Waals surface area contributed by atoms with Crippen LogP contribution in [0.15, 0.2) is 23.1 Å². The lowest BCUT2D eigenvalue weighted by atomic mass is 9.99. The fourth-order valence-corrected chi connectivity index (χ4v) is 4.49. The van der Waals surface area contributed by atoms with E-state index in [0.717, 1.165) is 12.8 Å². The van der Waals surface area contributed by atoms with Gasteiger partial charge in [0.15, 0.2) is 0 Å². The number of carbonyl (C=O) groups is 1. The summed E-state index contributed by atoms with van der Waals surface area (Å²) in [5.74, 6) is 0.370. The van der Waals surface area contributed by atoms with Crippen LogP contribution in [-0.4, -0.2) is 38.4 Å². The van der Waals surface area contributed by atoms with E-state index < -0.39 is 16.1 Å². The van der Waals surface area contributed by atoms with Crippen molar-refractivity contribution in [3.05, 3.63) is 28.2 Å². The Hall–Kier alpha value is -0.820. The van der Waals surface area contributed by atoms with Gasteiger partial charge in [-0.2, -0.15) is 4.72 Å². The molecule has 1 N–H and O–H groups in total. The van der Waals surface area contributed by atoms with Gasteiger partial charge >= 0.3 is 0 Å². The van der Waals surface area contributed by atoms with Crippen molar-refractivity contribution in [1.82, 2.24) is 9.62 Å². The summed E-state index contributed by atoms with van der Waals surface area (Å²) in [6.45, 7) is 5.00. The van der Waals surface area contributed by atoms with E-state index in [1.165, 1.54) is 25.1 Å². The second kappa shape index (κ2) is 7.38. The van der Waals surface area contributed by atoms with E-state index in [-0.39, 0.29) is 20.8 Å². The summed E-state index contributed by atoms with van der Waals surface area (Å²) in [6, 6.07) is 3.33. The van der Waals surface area contributed by atoms with Gasteiger partial charge in [-0.25, -0.2) is 8.42 Å². The predicted octanol–water partition coefficient (Wildman–Crippen LogP) is 2.92. The molecule has 2 rings (SSSR count). The minimum Gasteiger partial charge on any atom is -0.341 e. The van der Waals surface area contributed by atoms with Gasteiger partial charge in [0.2, 0.25) is 15.9 Å². The van der Waals surface area contributed by atoms with Crippen molar-refractivity contribution >= 4 is 39.1 Å². The Labute approximate surface area is 147 Å². The van der Waals surface area contributed by atoms with Gasteiger partial charge < -0.3 is 4.90 Å². The van der Waals surface area contributed by atoms with Crippen LogP contribution in [0.5, 0.6) is 0 Å². The highest BCUT2D eigenvalue weighted by Gasteiger charge is 2.29. The zero-order chi connectivity index (χ0) is 17.2. The molecule has 1 atom stereocenters. The first kappa shape index (κ1) is 18.5. The Bertz CT molecular complexity index is 686. The number of amides is 1. The molecule has 1 heterocycles. The summed E-state index contributed by atoms with van der Waals surface area (Å²) in [5.41, 5.74) is 0. The van der Waals surface area contributed by atoms with Crippen LogP contribution in [-0.2, 0) is 14.8 Å².